The number of rotatable bonds is 2. The van der Waals surface area contributed by atoms with E-state index in [1.165, 1.54) is 5.56 Å². The lowest BCUT2D eigenvalue weighted by atomic mass is 10.2. The Balaban J connectivity index is 0.000000321. The molecule has 1 amide bonds. The Morgan fingerprint density at radius 3 is 1.95 bits per heavy atom. The number of methoxy groups -OCH3 is 1. The molecule has 0 saturated carbocycles. The summed E-state index contributed by atoms with van der Waals surface area (Å²) in [6, 6.07) is 7.96. The Labute approximate surface area is 123 Å². The van der Waals surface area contributed by atoms with E-state index in [1.54, 1.807) is 12.0 Å². The molecule has 0 spiro atoms. The van der Waals surface area contributed by atoms with Crippen molar-refractivity contribution in [3.63, 3.8) is 0 Å². The van der Waals surface area contributed by atoms with Crippen molar-refractivity contribution >= 4 is 6.41 Å². The van der Waals surface area contributed by atoms with Crippen LogP contribution in [-0.2, 0) is 4.79 Å². The Morgan fingerprint density at radius 2 is 1.55 bits per heavy atom. The zero-order valence-corrected chi connectivity index (χ0v) is 13.4. The fraction of sp³-hybridized carbons (Fsp3) is 0.562. The van der Waals surface area contributed by atoms with Crippen molar-refractivity contribution < 1.29 is 9.53 Å². The summed E-state index contributed by atoms with van der Waals surface area (Å²) in [4.78, 5) is 14.2. The quantitative estimate of drug-likeness (QED) is 0.780. The number of piperazine rings is 1. The SMILES string of the molecule is CC.CN1CCN(C=O)CC1.COc1ccc(C)cc1. The monoisotopic (exact) mass is 280 g/mol. The molecule has 1 heterocycles. The maximum atomic E-state index is 10.2. The van der Waals surface area contributed by atoms with Gasteiger partial charge >= 0.3 is 0 Å². The van der Waals surface area contributed by atoms with Crippen molar-refractivity contribution in [3.05, 3.63) is 29.8 Å². The van der Waals surface area contributed by atoms with E-state index in [9.17, 15) is 4.79 Å². The van der Waals surface area contributed by atoms with Crippen LogP contribution in [0.1, 0.15) is 19.4 Å². The van der Waals surface area contributed by atoms with Gasteiger partial charge in [-0.3, -0.25) is 4.79 Å². The molecule has 1 aliphatic rings. The molecule has 0 N–H and O–H groups in total. The summed E-state index contributed by atoms with van der Waals surface area (Å²) in [6.45, 7) is 9.86. The van der Waals surface area contributed by atoms with E-state index < -0.39 is 0 Å². The first kappa shape index (κ1) is 18.4. The van der Waals surface area contributed by atoms with Crippen LogP contribution in [0.15, 0.2) is 24.3 Å². The molecular weight excluding hydrogens is 252 g/mol. The minimum Gasteiger partial charge on any atom is -0.497 e. The van der Waals surface area contributed by atoms with E-state index in [4.69, 9.17) is 4.74 Å². The van der Waals surface area contributed by atoms with Crippen molar-refractivity contribution in [2.75, 3.05) is 40.3 Å². The van der Waals surface area contributed by atoms with Crippen molar-refractivity contribution in [1.82, 2.24) is 9.80 Å². The molecule has 0 atom stereocenters. The standard InChI is InChI=1S/C8H10O.C6H12N2O.C2H6/c1-7-3-5-8(9-2)6-4-7;1-7-2-4-8(6-9)5-3-7;1-2/h3-6H,1-2H3;6H,2-5H2,1H3;1-2H3. The molecule has 1 aliphatic heterocycles. The smallest absolute Gasteiger partial charge is 0.209 e. The molecule has 4 heteroatoms. The molecule has 1 saturated heterocycles. The second-order valence-corrected chi connectivity index (χ2v) is 4.46. The zero-order valence-electron chi connectivity index (χ0n) is 13.4. The van der Waals surface area contributed by atoms with Gasteiger partial charge in [0, 0.05) is 26.2 Å². The Kier molecular flexibility index (Phi) is 10.4. The number of aryl methyl sites for hydroxylation is 1. The van der Waals surface area contributed by atoms with Gasteiger partial charge in [-0.05, 0) is 26.1 Å². The molecule has 114 valence electrons. The lowest BCUT2D eigenvalue weighted by Gasteiger charge is -2.29. The van der Waals surface area contributed by atoms with Gasteiger partial charge in [-0.2, -0.15) is 0 Å². The molecule has 0 aromatic heterocycles. The number of ether oxygens (including phenoxy) is 1. The fourth-order valence-electron chi connectivity index (χ4n) is 1.60. The molecule has 20 heavy (non-hydrogen) atoms. The Bertz CT molecular complexity index is 344. The average molecular weight is 280 g/mol. The average Bonchev–Trinajstić information content (AvgIpc) is 2.51. The third-order valence-electron chi connectivity index (χ3n) is 2.94. The number of hydrogen-bond donors (Lipinski definition) is 0. The molecule has 2 rings (SSSR count). The van der Waals surface area contributed by atoms with Gasteiger partial charge in [-0.1, -0.05) is 31.5 Å². The number of likely N-dealkylation sites (N-methyl/N-ethyl adjacent to an activating group) is 1. The molecule has 4 nitrogen and oxygen atoms in total. The normalized spacial score (nSPS) is 14.3. The van der Waals surface area contributed by atoms with Crippen LogP contribution >= 0.6 is 0 Å². The van der Waals surface area contributed by atoms with Crippen molar-refractivity contribution in [3.8, 4) is 5.75 Å². The predicted octanol–water partition coefficient (Wildman–Crippen LogP) is 2.42. The minimum atomic E-state index is 0.889. The van der Waals surface area contributed by atoms with E-state index in [0.29, 0.717) is 0 Å². The van der Waals surface area contributed by atoms with Crippen molar-refractivity contribution in [2.45, 2.75) is 20.8 Å². The van der Waals surface area contributed by atoms with Crippen LogP contribution in [0.5, 0.6) is 5.75 Å². The largest absolute Gasteiger partial charge is 0.497 e. The van der Waals surface area contributed by atoms with Gasteiger partial charge in [-0.25, -0.2) is 0 Å². The van der Waals surface area contributed by atoms with Crippen LogP contribution in [0.4, 0.5) is 0 Å². The number of carbonyl (C=O) groups is 1. The second kappa shape index (κ2) is 11.3. The summed E-state index contributed by atoms with van der Waals surface area (Å²) >= 11 is 0. The van der Waals surface area contributed by atoms with E-state index in [0.717, 1.165) is 38.3 Å². The van der Waals surface area contributed by atoms with Crippen molar-refractivity contribution in [1.29, 1.82) is 0 Å². The summed E-state index contributed by atoms with van der Waals surface area (Å²) in [6.07, 6.45) is 0.924. The van der Waals surface area contributed by atoms with Crippen LogP contribution in [0, 0.1) is 6.92 Å². The number of nitrogens with zero attached hydrogens (tertiary/aromatic N) is 2. The second-order valence-electron chi connectivity index (χ2n) is 4.46. The lowest BCUT2D eigenvalue weighted by molar-refractivity contribution is -0.119. The Hall–Kier alpha value is -1.55. The summed E-state index contributed by atoms with van der Waals surface area (Å²) in [7, 11) is 3.74. The predicted molar refractivity (Wildman–Crippen MR) is 84.2 cm³/mol. The number of amides is 1. The van der Waals surface area contributed by atoms with Crippen LogP contribution in [0.2, 0.25) is 0 Å². The van der Waals surface area contributed by atoms with Crippen LogP contribution in [0.3, 0.4) is 0 Å². The highest BCUT2D eigenvalue weighted by Crippen LogP contribution is 2.09. The molecule has 0 aliphatic carbocycles. The summed E-state index contributed by atoms with van der Waals surface area (Å²) < 4.78 is 4.97. The lowest BCUT2D eigenvalue weighted by Crippen LogP contribution is -2.43. The molecule has 0 radical (unpaired) electrons. The highest BCUT2D eigenvalue weighted by atomic mass is 16.5. The fourth-order valence-corrected chi connectivity index (χ4v) is 1.60. The molecular formula is C16H28N2O2. The molecule has 0 bridgehead atoms. The van der Waals surface area contributed by atoms with E-state index in [2.05, 4.69) is 18.9 Å². The van der Waals surface area contributed by atoms with Crippen LogP contribution < -0.4 is 4.74 Å². The van der Waals surface area contributed by atoms with Gasteiger partial charge in [0.15, 0.2) is 0 Å². The van der Waals surface area contributed by atoms with Gasteiger partial charge in [0.1, 0.15) is 5.75 Å². The molecule has 0 unspecified atom stereocenters. The van der Waals surface area contributed by atoms with Gasteiger partial charge in [0.05, 0.1) is 7.11 Å². The number of carbonyl (C=O) groups excluding carboxylic acids is 1. The first-order valence-corrected chi connectivity index (χ1v) is 7.14. The van der Waals surface area contributed by atoms with E-state index in [1.807, 2.05) is 38.1 Å². The summed E-state index contributed by atoms with van der Waals surface area (Å²) in [5, 5.41) is 0. The van der Waals surface area contributed by atoms with Gasteiger partial charge in [-0.15, -0.1) is 0 Å². The van der Waals surface area contributed by atoms with Gasteiger partial charge in [0.25, 0.3) is 0 Å². The third-order valence-corrected chi connectivity index (χ3v) is 2.94. The summed E-state index contributed by atoms with van der Waals surface area (Å²) in [5.74, 6) is 0.917. The number of benzene rings is 1. The maximum Gasteiger partial charge on any atom is 0.209 e. The highest BCUT2D eigenvalue weighted by molar-refractivity contribution is 5.47. The van der Waals surface area contributed by atoms with Gasteiger partial charge in [0.2, 0.25) is 6.41 Å². The minimum absolute atomic E-state index is 0.889. The van der Waals surface area contributed by atoms with Crippen LogP contribution in [-0.4, -0.2) is 56.5 Å². The number of hydrogen-bond acceptors (Lipinski definition) is 3. The maximum absolute atomic E-state index is 10.2. The third kappa shape index (κ3) is 7.79. The van der Waals surface area contributed by atoms with Gasteiger partial charge < -0.3 is 14.5 Å². The Morgan fingerprint density at radius 1 is 1.05 bits per heavy atom. The van der Waals surface area contributed by atoms with E-state index >= 15 is 0 Å². The zero-order chi connectivity index (χ0) is 15.4. The van der Waals surface area contributed by atoms with Crippen molar-refractivity contribution in [2.24, 2.45) is 0 Å². The van der Waals surface area contributed by atoms with Crippen LogP contribution in [0.25, 0.3) is 0 Å². The first-order valence-electron chi connectivity index (χ1n) is 7.14. The summed E-state index contributed by atoms with van der Waals surface area (Å²) in [5.41, 5.74) is 1.26. The molecule has 1 aromatic carbocycles. The molecule has 1 fully saturated rings. The van der Waals surface area contributed by atoms with E-state index in [-0.39, 0.29) is 0 Å². The first-order chi connectivity index (χ1) is 9.65. The molecule has 1 aromatic rings. The highest BCUT2D eigenvalue weighted by Gasteiger charge is 2.10. The topological polar surface area (TPSA) is 32.8 Å².